The number of benzene rings is 2. The van der Waals surface area contributed by atoms with Crippen molar-refractivity contribution in [3.05, 3.63) is 129 Å². The lowest BCUT2D eigenvalue weighted by atomic mass is 9.70. The topological polar surface area (TPSA) is 30.9 Å². The van der Waals surface area contributed by atoms with Gasteiger partial charge in [0.25, 0.3) is 0 Å². The summed E-state index contributed by atoms with van der Waals surface area (Å²) >= 11 is 0. The second kappa shape index (κ2) is 8.79. The first-order valence-electron chi connectivity index (χ1n) is 12.0. The maximum Gasteiger partial charge on any atom is 0.157 e. The minimum atomic E-state index is -0.183. The molecule has 3 aliphatic carbocycles. The van der Waals surface area contributed by atoms with E-state index in [4.69, 9.17) is 14.2 Å². The SMILES string of the molecule is COC1=C(OCc2ccccc2)C2C(=CC3C=CC4=c5ccccc5=CN(C)C4=C3C2OC)C=C1. The summed E-state index contributed by atoms with van der Waals surface area (Å²) in [6, 6.07) is 18.8. The first kappa shape index (κ1) is 21.8. The van der Waals surface area contributed by atoms with Crippen molar-refractivity contribution in [1.82, 2.24) is 4.90 Å². The van der Waals surface area contributed by atoms with Gasteiger partial charge < -0.3 is 19.1 Å². The second-order valence-electron chi connectivity index (χ2n) is 9.27. The summed E-state index contributed by atoms with van der Waals surface area (Å²) in [4.78, 5) is 2.25. The summed E-state index contributed by atoms with van der Waals surface area (Å²) in [6.45, 7) is 0.477. The van der Waals surface area contributed by atoms with Crippen molar-refractivity contribution in [3.8, 4) is 0 Å². The van der Waals surface area contributed by atoms with E-state index in [2.05, 4.69) is 78.8 Å². The lowest BCUT2D eigenvalue weighted by molar-refractivity contribution is 0.0538. The normalized spacial score (nSPS) is 24.2. The maximum atomic E-state index is 6.49. The van der Waals surface area contributed by atoms with Gasteiger partial charge in [-0.05, 0) is 33.2 Å². The fourth-order valence-electron chi connectivity index (χ4n) is 5.75. The molecule has 4 aliphatic rings. The second-order valence-corrected chi connectivity index (χ2v) is 9.27. The van der Waals surface area contributed by atoms with E-state index in [1.165, 1.54) is 32.9 Å². The lowest BCUT2D eigenvalue weighted by Gasteiger charge is -2.43. The van der Waals surface area contributed by atoms with Gasteiger partial charge in [-0.25, -0.2) is 0 Å². The van der Waals surface area contributed by atoms with E-state index in [-0.39, 0.29) is 17.9 Å². The third-order valence-electron chi connectivity index (χ3n) is 7.30. The van der Waals surface area contributed by atoms with E-state index in [0.29, 0.717) is 6.61 Å². The van der Waals surface area contributed by atoms with Crippen molar-refractivity contribution in [2.24, 2.45) is 11.8 Å². The Bertz CT molecular complexity index is 1440. The standard InChI is InChI=1S/C31H29NO3/c1-32-18-23-11-7-8-12-24(23)25-15-13-21-17-22-14-16-26(33-2)30(35-19-20-9-5-4-6-10-20)28(22)31(34-3)27(21)29(25)32/h4-18,21,28,31H,19H2,1-3H3. The van der Waals surface area contributed by atoms with Crippen molar-refractivity contribution in [1.29, 1.82) is 0 Å². The van der Waals surface area contributed by atoms with E-state index >= 15 is 0 Å². The van der Waals surface area contributed by atoms with Gasteiger partial charge in [0.05, 0.1) is 24.8 Å². The molecule has 0 fully saturated rings. The molecule has 35 heavy (non-hydrogen) atoms. The number of hydrogen-bond acceptors (Lipinski definition) is 4. The Labute approximate surface area is 206 Å². The molecule has 2 aromatic carbocycles. The van der Waals surface area contributed by atoms with Crippen LogP contribution in [0.25, 0.3) is 11.8 Å². The van der Waals surface area contributed by atoms with E-state index in [0.717, 1.165) is 17.1 Å². The molecule has 0 amide bonds. The van der Waals surface area contributed by atoms with Gasteiger partial charge in [-0.3, -0.25) is 0 Å². The predicted octanol–water partition coefficient (Wildman–Crippen LogP) is 4.18. The Morgan fingerprint density at radius 1 is 0.914 bits per heavy atom. The number of allylic oxidation sites excluding steroid dienone is 5. The lowest BCUT2D eigenvalue weighted by Crippen LogP contribution is -2.43. The van der Waals surface area contributed by atoms with Crippen molar-refractivity contribution in [2.45, 2.75) is 12.7 Å². The molecule has 0 saturated heterocycles. The molecule has 176 valence electrons. The molecule has 1 aliphatic heterocycles. The van der Waals surface area contributed by atoms with Crippen molar-refractivity contribution < 1.29 is 14.2 Å². The Morgan fingerprint density at radius 3 is 2.51 bits per heavy atom. The first-order valence-corrected chi connectivity index (χ1v) is 12.0. The van der Waals surface area contributed by atoms with Gasteiger partial charge in [-0.1, -0.05) is 78.9 Å². The average molecular weight is 464 g/mol. The maximum absolute atomic E-state index is 6.49. The summed E-state index contributed by atoms with van der Waals surface area (Å²) < 4.78 is 18.6. The van der Waals surface area contributed by atoms with Crippen molar-refractivity contribution in [2.75, 3.05) is 21.3 Å². The Balaban J connectivity index is 1.49. The molecule has 3 unspecified atom stereocenters. The number of ether oxygens (including phenoxy) is 3. The number of nitrogens with zero attached hydrogens (tertiary/aromatic N) is 1. The smallest absolute Gasteiger partial charge is 0.157 e. The zero-order valence-corrected chi connectivity index (χ0v) is 20.3. The third kappa shape index (κ3) is 3.57. The Kier molecular flexibility index (Phi) is 5.46. The molecule has 0 bridgehead atoms. The van der Waals surface area contributed by atoms with Gasteiger partial charge in [0.15, 0.2) is 5.76 Å². The zero-order valence-electron chi connectivity index (χ0n) is 20.3. The number of rotatable bonds is 5. The van der Waals surface area contributed by atoms with Crippen molar-refractivity contribution >= 4 is 11.8 Å². The predicted molar refractivity (Wildman–Crippen MR) is 138 cm³/mol. The quantitative estimate of drug-likeness (QED) is 0.666. The van der Waals surface area contributed by atoms with Crippen LogP contribution in [0.3, 0.4) is 0 Å². The van der Waals surface area contributed by atoms with Crippen LogP contribution < -0.4 is 10.4 Å². The van der Waals surface area contributed by atoms with Gasteiger partial charge in [-0.15, -0.1) is 0 Å². The van der Waals surface area contributed by atoms with Crippen LogP contribution in [0.15, 0.2) is 113 Å². The molecule has 0 saturated carbocycles. The van der Waals surface area contributed by atoms with Gasteiger partial charge >= 0.3 is 0 Å². The van der Waals surface area contributed by atoms with E-state index in [1.54, 1.807) is 14.2 Å². The van der Waals surface area contributed by atoms with E-state index < -0.39 is 0 Å². The summed E-state index contributed by atoms with van der Waals surface area (Å²) in [5, 5.41) is 2.48. The van der Waals surface area contributed by atoms with E-state index in [9.17, 15) is 0 Å². The van der Waals surface area contributed by atoms with E-state index in [1.807, 2.05) is 24.3 Å². The van der Waals surface area contributed by atoms with Crippen LogP contribution in [-0.4, -0.2) is 32.3 Å². The molecular formula is C31H29NO3. The van der Waals surface area contributed by atoms with Crippen molar-refractivity contribution in [3.63, 3.8) is 0 Å². The summed E-state index contributed by atoms with van der Waals surface area (Å²) in [7, 11) is 5.63. The van der Waals surface area contributed by atoms with Crippen LogP contribution in [0.5, 0.6) is 0 Å². The highest BCUT2D eigenvalue weighted by atomic mass is 16.5. The molecule has 3 atom stereocenters. The molecule has 4 heteroatoms. The fourth-order valence-corrected chi connectivity index (χ4v) is 5.75. The van der Waals surface area contributed by atoms with Gasteiger partial charge in [0.1, 0.15) is 12.4 Å². The molecule has 0 radical (unpaired) electrons. The average Bonchev–Trinajstić information content (AvgIpc) is 2.90. The summed E-state index contributed by atoms with van der Waals surface area (Å²) in [5.41, 5.74) is 6.04. The Morgan fingerprint density at radius 2 is 1.71 bits per heavy atom. The summed E-state index contributed by atoms with van der Waals surface area (Å²) in [6.07, 6.45) is 13.1. The molecule has 2 aromatic rings. The van der Waals surface area contributed by atoms with Gasteiger partial charge in [0.2, 0.25) is 0 Å². The van der Waals surface area contributed by atoms with Gasteiger partial charge in [-0.2, -0.15) is 0 Å². The summed E-state index contributed by atoms with van der Waals surface area (Å²) in [5.74, 6) is 1.65. The number of fused-ring (bicyclic) bond motifs is 4. The third-order valence-corrected chi connectivity index (χ3v) is 7.30. The molecule has 4 nitrogen and oxygen atoms in total. The highest BCUT2D eigenvalue weighted by Gasteiger charge is 2.44. The number of methoxy groups -OCH3 is 2. The van der Waals surface area contributed by atoms with Crippen LogP contribution in [0, 0.1) is 11.8 Å². The van der Waals surface area contributed by atoms with Crippen LogP contribution >= 0.6 is 0 Å². The van der Waals surface area contributed by atoms with Crippen LogP contribution in [0.1, 0.15) is 5.56 Å². The molecule has 0 N–H and O–H groups in total. The first-order chi connectivity index (χ1) is 17.2. The molecule has 0 aromatic heterocycles. The Hall–Kier alpha value is -3.76. The largest absolute Gasteiger partial charge is 0.493 e. The van der Waals surface area contributed by atoms with Crippen LogP contribution in [0.4, 0.5) is 0 Å². The minimum absolute atomic E-state index is 0.0827. The molecule has 1 heterocycles. The highest BCUT2D eigenvalue weighted by molar-refractivity contribution is 5.79. The zero-order chi connectivity index (χ0) is 23.9. The number of hydrogen-bond donors (Lipinski definition) is 0. The van der Waals surface area contributed by atoms with Crippen LogP contribution in [-0.2, 0) is 20.8 Å². The highest BCUT2D eigenvalue weighted by Crippen LogP contribution is 2.48. The van der Waals surface area contributed by atoms with Crippen LogP contribution in [0.2, 0.25) is 0 Å². The molecule has 6 rings (SSSR count). The fraction of sp³-hybridized carbons (Fsp3) is 0.226. The molecular weight excluding hydrogens is 434 g/mol. The minimum Gasteiger partial charge on any atom is -0.493 e. The molecule has 0 spiro atoms. The monoisotopic (exact) mass is 463 g/mol. The van der Waals surface area contributed by atoms with Gasteiger partial charge in [0, 0.05) is 31.8 Å².